The molecular formula is C39H49Cl2N13O6S7. The number of aromatic nitrogens is 5. The van der Waals surface area contributed by atoms with E-state index >= 15 is 0 Å². The molecule has 0 aliphatic heterocycles. The lowest BCUT2D eigenvalue weighted by Gasteiger charge is -2.23. The minimum absolute atomic E-state index is 0.0567. The third kappa shape index (κ3) is 12.7. The van der Waals surface area contributed by atoms with Gasteiger partial charge in [-0.2, -0.15) is 40.5 Å². The number of nitrogens with zero attached hydrogens (tertiary/aromatic N) is 7. The highest BCUT2D eigenvalue weighted by Crippen LogP contribution is 2.44. The zero-order chi connectivity index (χ0) is 48.8. The molecule has 5 aromatic heterocycles. The Balaban J connectivity index is 0.000000213. The van der Waals surface area contributed by atoms with Crippen LogP contribution in [0.15, 0.2) is 50.0 Å². The van der Waals surface area contributed by atoms with Crippen molar-refractivity contribution in [3.8, 4) is 0 Å². The predicted octanol–water partition coefficient (Wildman–Crippen LogP) is 10.3. The topological polar surface area (TPSA) is 308 Å². The number of hydrogen-bond acceptors (Lipinski definition) is 22. The van der Waals surface area contributed by atoms with Crippen LogP contribution < -0.4 is 43.4 Å². The Kier molecular flexibility index (Phi) is 17.5. The average Bonchev–Trinajstić information content (AvgIpc) is 4.04. The molecule has 1 saturated carbocycles. The van der Waals surface area contributed by atoms with Gasteiger partial charge in [-0.3, -0.25) is 9.11 Å². The first-order chi connectivity index (χ1) is 31.8. The second-order valence-corrected chi connectivity index (χ2v) is 23.5. The van der Waals surface area contributed by atoms with E-state index in [0.717, 1.165) is 94.7 Å². The van der Waals surface area contributed by atoms with E-state index in [0.29, 0.717) is 64.1 Å². The molecule has 0 unspecified atom stereocenters. The third-order valence-electron chi connectivity index (χ3n) is 10.3. The van der Waals surface area contributed by atoms with Gasteiger partial charge in [-0.25, -0.2) is 0 Å². The highest BCUT2D eigenvalue weighted by atomic mass is 35.5. The minimum atomic E-state index is -4.29. The molecule has 1 fully saturated rings. The smallest absolute Gasteiger partial charge is 0.305 e. The van der Waals surface area contributed by atoms with Gasteiger partial charge in [0.1, 0.15) is 19.7 Å². The monoisotopic (exact) mass is 1090 g/mol. The van der Waals surface area contributed by atoms with Crippen molar-refractivity contribution in [3.63, 3.8) is 0 Å². The molecule has 0 amide bonds. The van der Waals surface area contributed by atoms with E-state index in [1.54, 1.807) is 11.8 Å². The van der Waals surface area contributed by atoms with E-state index in [2.05, 4.69) is 69.0 Å². The SMILES string of the molecule is CCN(CC)c1ccc(N)c(Nc2nc(Nc3cc(N(CC)CC)ccc3N)nc(SC3CCCCC3)n2)c1.Nc1snc2sc(S(=O)(=O)O)c(Cl)c12.Nc1snc2sc(S(=O)(=O)O)c(Cl)c12. The van der Waals surface area contributed by atoms with E-state index in [9.17, 15) is 16.8 Å². The van der Waals surface area contributed by atoms with Crippen molar-refractivity contribution < 1.29 is 25.9 Å². The van der Waals surface area contributed by atoms with Crippen LogP contribution in [0.25, 0.3) is 20.4 Å². The number of hydrogen-bond donors (Lipinski definition) is 8. The molecule has 0 saturated heterocycles. The molecule has 0 bridgehead atoms. The first-order valence-electron chi connectivity index (χ1n) is 20.6. The molecule has 7 aromatic rings. The molecular weight excluding hydrogens is 1040 g/mol. The minimum Gasteiger partial charge on any atom is -0.397 e. The van der Waals surface area contributed by atoms with Gasteiger partial charge in [0.25, 0.3) is 0 Å². The van der Waals surface area contributed by atoms with Gasteiger partial charge in [0.05, 0.1) is 43.6 Å². The lowest BCUT2D eigenvalue weighted by molar-refractivity contribution is 0.483. The van der Waals surface area contributed by atoms with Crippen molar-refractivity contribution in [2.75, 3.05) is 69.5 Å². The number of anilines is 10. The van der Waals surface area contributed by atoms with Crippen LogP contribution in [0.2, 0.25) is 10.0 Å². The van der Waals surface area contributed by atoms with Crippen LogP contribution in [0.1, 0.15) is 59.8 Å². The Hall–Kier alpha value is -4.22. The summed E-state index contributed by atoms with van der Waals surface area (Å²) in [5.41, 5.74) is 28.8. The van der Waals surface area contributed by atoms with Gasteiger partial charge < -0.3 is 43.4 Å². The summed E-state index contributed by atoms with van der Waals surface area (Å²) in [6.45, 7) is 12.2. The fourth-order valence-corrected chi connectivity index (χ4v) is 14.6. The Morgan fingerprint density at radius 1 is 0.672 bits per heavy atom. The van der Waals surface area contributed by atoms with Crippen LogP contribution >= 0.6 is 80.7 Å². The molecule has 0 spiro atoms. The molecule has 67 heavy (non-hydrogen) atoms. The summed E-state index contributed by atoms with van der Waals surface area (Å²) in [6, 6.07) is 12.0. The van der Waals surface area contributed by atoms with Gasteiger partial charge in [-0.1, -0.05) is 76.9 Å². The largest absolute Gasteiger partial charge is 0.397 e. The summed E-state index contributed by atoms with van der Waals surface area (Å²) in [5.74, 6) is 0.903. The van der Waals surface area contributed by atoms with E-state index in [4.69, 9.17) is 70.2 Å². The third-order valence-corrected chi connectivity index (χ3v) is 19.1. The normalized spacial score (nSPS) is 13.2. The summed E-state index contributed by atoms with van der Waals surface area (Å²) in [7, 11) is -8.57. The number of nitrogens with one attached hydrogen (secondary N) is 2. The highest BCUT2D eigenvalue weighted by Gasteiger charge is 2.25. The van der Waals surface area contributed by atoms with Gasteiger partial charge in [0, 0.05) is 42.8 Å². The maximum atomic E-state index is 10.8. The number of nitrogen functional groups attached to an aromatic ring is 4. The number of rotatable bonds is 14. The highest BCUT2D eigenvalue weighted by molar-refractivity contribution is 7.99. The first kappa shape index (κ1) is 52.2. The van der Waals surface area contributed by atoms with Crippen LogP contribution in [-0.2, 0) is 20.2 Å². The summed E-state index contributed by atoms with van der Waals surface area (Å²) < 4.78 is 68.2. The van der Waals surface area contributed by atoms with Crippen LogP contribution in [0, 0.1) is 0 Å². The van der Waals surface area contributed by atoms with Crippen molar-refractivity contribution >= 4 is 177 Å². The van der Waals surface area contributed by atoms with Gasteiger partial charge in [-0.15, -0.1) is 0 Å². The Morgan fingerprint density at radius 3 is 1.43 bits per heavy atom. The molecule has 5 heterocycles. The Morgan fingerprint density at radius 2 is 1.07 bits per heavy atom. The molecule has 28 heteroatoms. The van der Waals surface area contributed by atoms with Gasteiger partial charge >= 0.3 is 20.2 Å². The zero-order valence-electron chi connectivity index (χ0n) is 36.5. The van der Waals surface area contributed by atoms with Crippen molar-refractivity contribution in [2.24, 2.45) is 0 Å². The fraction of sp³-hybridized carbons (Fsp3) is 0.359. The predicted molar refractivity (Wildman–Crippen MR) is 281 cm³/mol. The van der Waals surface area contributed by atoms with Crippen molar-refractivity contribution in [3.05, 3.63) is 46.4 Å². The Labute approximate surface area is 418 Å². The van der Waals surface area contributed by atoms with Crippen LogP contribution in [-0.4, -0.2) is 81.1 Å². The maximum Gasteiger partial charge on any atom is 0.305 e. The quantitative estimate of drug-likeness (QED) is 0.0371. The van der Waals surface area contributed by atoms with E-state index < -0.39 is 20.2 Å². The van der Waals surface area contributed by atoms with Gasteiger partial charge in [-0.05, 0) is 100.0 Å². The molecule has 0 radical (unpaired) electrons. The molecule has 1 aliphatic carbocycles. The second kappa shape index (κ2) is 22.5. The number of fused-ring (bicyclic) bond motifs is 2. The van der Waals surface area contributed by atoms with Crippen LogP contribution in [0.4, 0.5) is 56.0 Å². The maximum absolute atomic E-state index is 10.8. The van der Waals surface area contributed by atoms with Crippen molar-refractivity contribution in [2.45, 2.75) is 78.6 Å². The Bertz CT molecular complexity index is 2870. The lowest BCUT2D eigenvalue weighted by atomic mass is 10.0. The summed E-state index contributed by atoms with van der Waals surface area (Å²) in [6.07, 6.45) is 6.17. The standard InChI is InChI=1S/C29H43N9S.2C5H3ClN2O3S3/c1-5-37(6-2)20-14-16-23(30)25(18-20)32-27-34-28(36-29(35-27)39-22-12-10-9-11-13-22)33-26-19-21(15-17-24(26)31)38(7-3)8-4;2*6-2-1-3(7)13-8-4(1)12-5(2)14(9,10)11/h14-19,22H,5-13,30-31H2,1-4H3,(H2,32,33,34,35,36);2*7H2,(H,9,10,11). The van der Waals surface area contributed by atoms with E-state index in [-0.39, 0.29) is 18.5 Å². The molecule has 362 valence electrons. The van der Waals surface area contributed by atoms with E-state index in [1.807, 2.05) is 24.3 Å². The summed E-state index contributed by atoms with van der Waals surface area (Å²) >= 11 is 16.9. The second-order valence-electron chi connectivity index (χ2n) is 14.6. The molecule has 19 nitrogen and oxygen atoms in total. The molecule has 0 atom stereocenters. The number of thioether (sulfide) groups is 1. The van der Waals surface area contributed by atoms with Crippen LogP contribution in [0.5, 0.6) is 0 Å². The number of nitrogens with two attached hydrogens (primary N) is 4. The zero-order valence-corrected chi connectivity index (χ0v) is 43.7. The van der Waals surface area contributed by atoms with Crippen molar-refractivity contribution in [1.82, 2.24) is 23.7 Å². The first-order valence-corrected chi connectivity index (χ1v) is 28.3. The van der Waals surface area contributed by atoms with Gasteiger partial charge in [0.2, 0.25) is 11.9 Å². The molecule has 1 aliphatic rings. The lowest BCUT2D eigenvalue weighted by Crippen LogP contribution is -2.22. The molecule has 12 N–H and O–H groups in total. The molecule has 8 rings (SSSR count). The number of benzene rings is 2. The average molecular weight is 1090 g/mol. The van der Waals surface area contributed by atoms with Crippen molar-refractivity contribution in [1.29, 1.82) is 0 Å². The molecule has 2 aromatic carbocycles. The van der Waals surface area contributed by atoms with Gasteiger partial charge in [0.15, 0.2) is 13.6 Å². The van der Waals surface area contributed by atoms with E-state index in [1.165, 1.54) is 32.1 Å². The summed E-state index contributed by atoms with van der Waals surface area (Å²) in [5, 5.41) is 9.32. The number of halogens is 2. The fourth-order valence-electron chi connectivity index (χ4n) is 6.89. The number of thiophene rings is 2. The van der Waals surface area contributed by atoms with Crippen LogP contribution in [0.3, 0.4) is 0 Å². The summed E-state index contributed by atoms with van der Waals surface area (Å²) in [4.78, 5) is 19.7.